The van der Waals surface area contributed by atoms with Gasteiger partial charge in [-0.3, -0.25) is 0 Å². The largest absolute Gasteiger partial charge is 0.493 e. The Hall–Kier alpha value is -3.05. The van der Waals surface area contributed by atoms with Crippen molar-refractivity contribution in [3.63, 3.8) is 0 Å². The highest BCUT2D eigenvalue weighted by Crippen LogP contribution is 2.29. The molecule has 0 unspecified atom stereocenters. The smallest absolute Gasteiger partial charge is 0.241 e. The second kappa shape index (κ2) is 7.68. The van der Waals surface area contributed by atoms with Crippen molar-refractivity contribution < 1.29 is 22.3 Å². The van der Waals surface area contributed by atoms with E-state index in [0.29, 0.717) is 11.4 Å². The highest BCUT2D eigenvalue weighted by atomic mass is 32.2. The lowest BCUT2D eigenvalue weighted by molar-refractivity contribution is 0.354. The molecule has 3 aromatic rings. The summed E-state index contributed by atoms with van der Waals surface area (Å²) < 4.78 is 52.1. The van der Waals surface area contributed by atoms with Gasteiger partial charge in [-0.2, -0.15) is 4.68 Å². The fourth-order valence-corrected chi connectivity index (χ4v) is 3.32. The van der Waals surface area contributed by atoms with Gasteiger partial charge in [0, 0.05) is 6.07 Å². The third-order valence-corrected chi connectivity index (χ3v) is 5.09. The Bertz CT molecular complexity index is 1040. The first kappa shape index (κ1) is 18.7. The summed E-state index contributed by atoms with van der Waals surface area (Å²) in [4.78, 5) is 0.000886. The molecule has 2 aromatic carbocycles. The predicted molar refractivity (Wildman–Crippen MR) is 92.7 cm³/mol. The Morgan fingerprint density at radius 1 is 1.07 bits per heavy atom. The summed E-state index contributed by atoms with van der Waals surface area (Å²) in [6.07, 6.45) is 0. The molecule has 0 fully saturated rings. The summed E-state index contributed by atoms with van der Waals surface area (Å²) in [7, 11) is -0.981. The molecule has 1 N–H and O–H groups in total. The average molecular weight is 393 g/mol. The maximum absolute atomic E-state index is 13.1. The van der Waals surface area contributed by atoms with E-state index in [0.717, 1.165) is 0 Å². The molecule has 0 saturated heterocycles. The quantitative estimate of drug-likeness (QED) is 0.644. The van der Waals surface area contributed by atoms with Gasteiger partial charge in [-0.05, 0) is 46.8 Å². The van der Waals surface area contributed by atoms with Gasteiger partial charge in [0.15, 0.2) is 17.3 Å². The van der Waals surface area contributed by atoms with E-state index in [2.05, 4.69) is 20.2 Å². The number of nitrogens with one attached hydrogen (secondary N) is 1. The summed E-state index contributed by atoms with van der Waals surface area (Å²) in [5.74, 6) is 0.543. The zero-order chi connectivity index (χ0) is 19.4. The lowest BCUT2D eigenvalue weighted by Gasteiger charge is -2.11. The Balaban J connectivity index is 1.81. The first-order chi connectivity index (χ1) is 12.9. The molecule has 1 aromatic heterocycles. The minimum atomic E-state index is -3.85. The number of ether oxygens (including phenoxy) is 2. The molecular weight excluding hydrogens is 377 g/mol. The predicted octanol–water partition coefficient (Wildman–Crippen LogP) is 1.30. The normalized spacial score (nSPS) is 11.4. The second-order valence-electron chi connectivity index (χ2n) is 5.32. The number of halogens is 1. The molecular formula is C16H16FN5O4S. The maximum Gasteiger partial charge on any atom is 0.241 e. The zero-order valence-electron chi connectivity index (χ0n) is 14.5. The number of benzene rings is 2. The molecule has 0 saturated carbocycles. The number of tetrazole rings is 1. The number of sulfonamides is 1. The lowest BCUT2D eigenvalue weighted by atomic mass is 10.3. The van der Waals surface area contributed by atoms with Gasteiger partial charge in [-0.25, -0.2) is 17.5 Å². The van der Waals surface area contributed by atoms with Crippen LogP contribution in [-0.2, 0) is 16.6 Å². The molecule has 1 heterocycles. The van der Waals surface area contributed by atoms with Crippen molar-refractivity contribution in [1.82, 2.24) is 24.9 Å². The second-order valence-corrected chi connectivity index (χ2v) is 7.09. The van der Waals surface area contributed by atoms with Crippen LogP contribution >= 0.6 is 0 Å². The zero-order valence-corrected chi connectivity index (χ0v) is 15.3. The van der Waals surface area contributed by atoms with Crippen molar-refractivity contribution in [2.75, 3.05) is 14.2 Å². The van der Waals surface area contributed by atoms with Crippen LogP contribution < -0.4 is 14.2 Å². The molecule has 9 nitrogen and oxygen atoms in total. The van der Waals surface area contributed by atoms with Gasteiger partial charge >= 0.3 is 0 Å². The van der Waals surface area contributed by atoms with E-state index in [1.54, 1.807) is 0 Å². The summed E-state index contributed by atoms with van der Waals surface area (Å²) in [5.41, 5.74) is 0.502. The molecule has 11 heteroatoms. The SMILES string of the molecule is COc1ccc(S(=O)(=O)NCc2nnnn2-c2ccc(F)cc2)cc1OC. The van der Waals surface area contributed by atoms with Crippen LogP contribution in [0.2, 0.25) is 0 Å². The molecule has 0 aliphatic carbocycles. The lowest BCUT2D eigenvalue weighted by Crippen LogP contribution is -2.25. The van der Waals surface area contributed by atoms with E-state index >= 15 is 0 Å². The minimum absolute atomic E-state index is 0.000886. The van der Waals surface area contributed by atoms with E-state index in [-0.39, 0.29) is 23.0 Å². The van der Waals surface area contributed by atoms with Crippen LogP contribution in [0.3, 0.4) is 0 Å². The van der Waals surface area contributed by atoms with Gasteiger partial charge < -0.3 is 9.47 Å². The van der Waals surface area contributed by atoms with Gasteiger partial charge in [0.05, 0.1) is 31.3 Å². The molecule has 0 atom stereocenters. The fraction of sp³-hybridized carbons (Fsp3) is 0.188. The summed E-state index contributed by atoms with van der Waals surface area (Å²) >= 11 is 0. The van der Waals surface area contributed by atoms with Crippen molar-refractivity contribution in [3.8, 4) is 17.2 Å². The van der Waals surface area contributed by atoms with Crippen molar-refractivity contribution in [3.05, 3.63) is 54.1 Å². The number of hydrogen-bond acceptors (Lipinski definition) is 7. The molecule has 142 valence electrons. The third-order valence-electron chi connectivity index (χ3n) is 3.69. The van der Waals surface area contributed by atoms with Crippen LogP contribution in [0.15, 0.2) is 47.4 Å². The first-order valence-corrected chi connectivity index (χ1v) is 9.18. The molecule has 27 heavy (non-hydrogen) atoms. The van der Waals surface area contributed by atoms with Crippen LogP contribution in [0.5, 0.6) is 11.5 Å². The number of nitrogens with zero attached hydrogens (tertiary/aromatic N) is 4. The van der Waals surface area contributed by atoms with E-state index in [4.69, 9.17) is 9.47 Å². The Morgan fingerprint density at radius 3 is 2.44 bits per heavy atom. The number of rotatable bonds is 7. The van der Waals surface area contributed by atoms with Crippen LogP contribution in [-0.4, -0.2) is 42.8 Å². The molecule has 0 radical (unpaired) electrons. The highest BCUT2D eigenvalue weighted by molar-refractivity contribution is 7.89. The molecule has 0 spiro atoms. The maximum atomic E-state index is 13.1. The van der Waals surface area contributed by atoms with Crippen molar-refractivity contribution in [1.29, 1.82) is 0 Å². The Labute approximate surface area is 154 Å². The summed E-state index contributed by atoms with van der Waals surface area (Å²) in [6.45, 7) is -0.166. The molecule has 0 aliphatic rings. The molecule has 0 amide bonds. The summed E-state index contributed by atoms with van der Waals surface area (Å²) in [6, 6.07) is 9.73. The van der Waals surface area contributed by atoms with Crippen LogP contribution in [0.4, 0.5) is 4.39 Å². The van der Waals surface area contributed by atoms with Gasteiger partial charge in [-0.15, -0.1) is 5.10 Å². The standard InChI is InChI=1S/C16H16FN5O4S/c1-25-14-8-7-13(9-15(14)26-2)27(23,24)18-10-16-19-20-21-22(16)12-5-3-11(17)4-6-12/h3-9,18H,10H2,1-2H3. The van der Waals surface area contributed by atoms with E-state index in [1.807, 2.05) is 0 Å². The third kappa shape index (κ3) is 4.04. The van der Waals surface area contributed by atoms with Crippen LogP contribution in [0.25, 0.3) is 5.69 Å². The van der Waals surface area contributed by atoms with Gasteiger partial charge in [0.25, 0.3) is 0 Å². The Kier molecular flexibility index (Phi) is 5.33. The van der Waals surface area contributed by atoms with Crippen LogP contribution in [0, 0.1) is 5.82 Å². The first-order valence-electron chi connectivity index (χ1n) is 7.69. The number of methoxy groups -OCH3 is 2. The van der Waals surface area contributed by atoms with E-state index in [9.17, 15) is 12.8 Å². The topological polar surface area (TPSA) is 108 Å². The molecule has 3 rings (SSSR count). The van der Waals surface area contributed by atoms with Gasteiger partial charge in [0.1, 0.15) is 5.82 Å². The van der Waals surface area contributed by atoms with Gasteiger partial charge in [0.2, 0.25) is 10.0 Å². The minimum Gasteiger partial charge on any atom is -0.493 e. The van der Waals surface area contributed by atoms with Crippen molar-refractivity contribution in [2.45, 2.75) is 11.4 Å². The number of hydrogen-bond donors (Lipinski definition) is 1. The number of aromatic nitrogens is 4. The molecule has 0 aliphatic heterocycles. The van der Waals surface area contributed by atoms with E-state index < -0.39 is 15.8 Å². The van der Waals surface area contributed by atoms with Crippen molar-refractivity contribution >= 4 is 10.0 Å². The van der Waals surface area contributed by atoms with Gasteiger partial charge in [-0.1, -0.05) is 0 Å². The summed E-state index contributed by atoms with van der Waals surface area (Å²) in [5, 5.41) is 11.2. The highest BCUT2D eigenvalue weighted by Gasteiger charge is 2.19. The van der Waals surface area contributed by atoms with Crippen LogP contribution in [0.1, 0.15) is 5.82 Å². The molecule has 0 bridgehead atoms. The van der Waals surface area contributed by atoms with Crippen molar-refractivity contribution in [2.24, 2.45) is 0 Å². The fourth-order valence-electron chi connectivity index (χ4n) is 2.33. The van der Waals surface area contributed by atoms with E-state index in [1.165, 1.54) is 61.4 Å². The average Bonchev–Trinajstić information content (AvgIpc) is 3.15. The monoisotopic (exact) mass is 393 g/mol. The Morgan fingerprint density at radius 2 is 1.78 bits per heavy atom.